The van der Waals surface area contributed by atoms with E-state index in [0.29, 0.717) is 19.8 Å². The molecule has 2 aromatic carbocycles. The van der Waals surface area contributed by atoms with Gasteiger partial charge in [-0.15, -0.1) is 0 Å². The quantitative estimate of drug-likeness (QED) is 0.654. The Labute approximate surface area is 155 Å². The molecule has 0 aromatic heterocycles. The van der Waals surface area contributed by atoms with Gasteiger partial charge in [-0.2, -0.15) is 0 Å². The highest BCUT2D eigenvalue weighted by Gasteiger charge is 2.09. The summed E-state index contributed by atoms with van der Waals surface area (Å²) in [6, 6.07) is 13.4. The maximum absolute atomic E-state index is 12.2. The first kappa shape index (κ1) is 19.6. The molecule has 140 valence electrons. The third kappa shape index (κ3) is 5.69. The summed E-state index contributed by atoms with van der Waals surface area (Å²) in [7, 11) is 0. The van der Waals surface area contributed by atoms with Gasteiger partial charge in [-0.05, 0) is 55.2 Å². The number of benzene rings is 2. The summed E-state index contributed by atoms with van der Waals surface area (Å²) in [5.41, 5.74) is 3.21. The van der Waals surface area contributed by atoms with E-state index in [0.717, 1.165) is 41.2 Å². The monoisotopic (exact) mass is 356 g/mol. The lowest BCUT2D eigenvalue weighted by Crippen LogP contribution is -2.32. The van der Waals surface area contributed by atoms with E-state index in [1.165, 1.54) is 0 Å². The maximum Gasteiger partial charge on any atom is 0.319 e. The van der Waals surface area contributed by atoms with Crippen molar-refractivity contribution >= 4 is 11.7 Å². The largest absolute Gasteiger partial charge is 0.494 e. The second-order valence-electron chi connectivity index (χ2n) is 5.79. The zero-order chi connectivity index (χ0) is 18.8. The number of carbonyl (C=O) groups excluding carboxylic acids is 1. The van der Waals surface area contributed by atoms with Crippen molar-refractivity contribution in [2.24, 2.45) is 0 Å². The summed E-state index contributed by atoms with van der Waals surface area (Å²) < 4.78 is 11.0. The molecular weight excluding hydrogens is 328 g/mol. The van der Waals surface area contributed by atoms with Crippen LogP contribution >= 0.6 is 0 Å². The van der Waals surface area contributed by atoms with Crippen LogP contribution < -0.4 is 20.1 Å². The van der Waals surface area contributed by atoms with Gasteiger partial charge in [0, 0.05) is 5.69 Å². The van der Waals surface area contributed by atoms with Gasteiger partial charge in [-0.1, -0.05) is 32.0 Å². The SMILES string of the molecule is CCOc1ccc(OCCNC(=O)Nc2c(CC)cccc2CC)cc1. The van der Waals surface area contributed by atoms with Crippen molar-refractivity contribution in [2.45, 2.75) is 33.6 Å². The lowest BCUT2D eigenvalue weighted by atomic mass is 10.0. The molecule has 0 bridgehead atoms. The molecule has 0 aliphatic carbocycles. The van der Waals surface area contributed by atoms with Crippen LogP contribution in [0.2, 0.25) is 0 Å². The molecular formula is C21H28N2O3. The van der Waals surface area contributed by atoms with Crippen LogP contribution in [0.1, 0.15) is 31.9 Å². The van der Waals surface area contributed by atoms with E-state index in [1.807, 2.05) is 49.4 Å². The molecule has 0 fully saturated rings. The van der Waals surface area contributed by atoms with E-state index in [-0.39, 0.29) is 6.03 Å². The summed E-state index contributed by atoms with van der Waals surface area (Å²) in [5.74, 6) is 1.57. The number of urea groups is 1. The van der Waals surface area contributed by atoms with Gasteiger partial charge in [0.15, 0.2) is 0 Å². The van der Waals surface area contributed by atoms with Crippen LogP contribution in [0.25, 0.3) is 0 Å². The van der Waals surface area contributed by atoms with E-state index < -0.39 is 0 Å². The lowest BCUT2D eigenvalue weighted by Gasteiger charge is -2.15. The first-order valence-corrected chi connectivity index (χ1v) is 9.19. The predicted molar refractivity (Wildman–Crippen MR) is 105 cm³/mol. The maximum atomic E-state index is 12.2. The number of amides is 2. The molecule has 2 rings (SSSR count). The van der Waals surface area contributed by atoms with Gasteiger partial charge in [-0.3, -0.25) is 0 Å². The molecule has 2 aromatic rings. The average molecular weight is 356 g/mol. The summed E-state index contributed by atoms with van der Waals surface area (Å²) in [4.78, 5) is 12.2. The number of rotatable bonds is 9. The fraction of sp³-hybridized carbons (Fsp3) is 0.381. The standard InChI is InChI=1S/C21H28N2O3/c1-4-16-8-7-9-17(5-2)20(16)23-21(24)22-14-15-26-19-12-10-18(11-13-19)25-6-3/h7-13H,4-6,14-15H2,1-3H3,(H2,22,23,24). The zero-order valence-electron chi connectivity index (χ0n) is 15.8. The molecule has 26 heavy (non-hydrogen) atoms. The second kappa shape index (κ2) is 10.3. The predicted octanol–water partition coefficient (Wildman–Crippen LogP) is 4.41. The Morgan fingerprint density at radius 3 is 2.00 bits per heavy atom. The van der Waals surface area contributed by atoms with E-state index >= 15 is 0 Å². The van der Waals surface area contributed by atoms with Crippen LogP contribution in [-0.4, -0.2) is 25.8 Å². The normalized spacial score (nSPS) is 10.3. The Hall–Kier alpha value is -2.69. The molecule has 0 radical (unpaired) electrons. The number of nitrogens with one attached hydrogen (secondary N) is 2. The van der Waals surface area contributed by atoms with Crippen molar-refractivity contribution < 1.29 is 14.3 Å². The average Bonchev–Trinajstić information content (AvgIpc) is 2.67. The lowest BCUT2D eigenvalue weighted by molar-refractivity contribution is 0.247. The Bertz CT molecular complexity index is 677. The van der Waals surface area contributed by atoms with E-state index in [4.69, 9.17) is 9.47 Å². The first-order chi connectivity index (χ1) is 12.7. The molecule has 5 nitrogen and oxygen atoms in total. The van der Waals surface area contributed by atoms with Crippen molar-refractivity contribution in [1.82, 2.24) is 5.32 Å². The molecule has 0 aliphatic heterocycles. The Morgan fingerprint density at radius 1 is 0.885 bits per heavy atom. The van der Waals surface area contributed by atoms with Gasteiger partial charge in [0.2, 0.25) is 0 Å². The third-order valence-corrected chi connectivity index (χ3v) is 4.03. The zero-order valence-corrected chi connectivity index (χ0v) is 15.8. The minimum atomic E-state index is -0.212. The molecule has 2 N–H and O–H groups in total. The Balaban J connectivity index is 1.79. The van der Waals surface area contributed by atoms with Crippen molar-refractivity contribution in [3.05, 3.63) is 53.6 Å². The molecule has 0 saturated heterocycles. The minimum Gasteiger partial charge on any atom is -0.494 e. The van der Waals surface area contributed by atoms with Gasteiger partial charge in [0.05, 0.1) is 13.2 Å². The molecule has 0 atom stereocenters. The Morgan fingerprint density at radius 2 is 1.46 bits per heavy atom. The first-order valence-electron chi connectivity index (χ1n) is 9.19. The van der Waals surface area contributed by atoms with Crippen LogP contribution in [0.4, 0.5) is 10.5 Å². The number of hydrogen-bond donors (Lipinski definition) is 2. The summed E-state index contributed by atoms with van der Waals surface area (Å²) in [6.45, 7) is 7.58. The highest BCUT2D eigenvalue weighted by atomic mass is 16.5. The smallest absolute Gasteiger partial charge is 0.319 e. The highest BCUT2D eigenvalue weighted by Crippen LogP contribution is 2.22. The topological polar surface area (TPSA) is 59.6 Å². The van der Waals surface area contributed by atoms with Crippen molar-refractivity contribution in [2.75, 3.05) is 25.1 Å². The van der Waals surface area contributed by atoms with Crippen LogP contribution in [0.5, 0.6) is 11.5 Å². The number of hydrogen-bond acceptors (Lipinski definition) is 3. The van der Waals surface area contributed by atoms with E-state index in [1.54, 1.807) is 0 Å². The van der Waals surface area contributed by atoms with Crippen molar-refractivity contribution in [3.8, 4) is 11.5 Å². The molecule has 0 unspecified atom stereocenters. The molecule has 0 saturated carbocycles. The van der Waals surface area contributed by atoms with Gasteiger partial charge < -0.3 is 20.1 Å². The fourth-order valence-electron chi connectivity index (χ4n) is 2.69. The van der Waals surface area contributed by atoms with Crippen molar-refractivity contribution in [1.29, 1.82) is 0 Å². The highest BCUT2D eigenvalue weighted by molar-refractivity contribution is 5.91. The molecule has 0 heterocycles. The van der Waals surface area contributed by atoms with Crippen LogP contribution in [-0.2, 0) is 12.8 Å². The fourth-order valence-corrected chi connectivity index (χ4v) is 2.69. The van der Waals surface area contributed by atoms with Gasteiger partial charge in [-0.25, -0.2) is 4.79 Å². The third-order valence-electron chi connectivity index (χ3n) is 4.03. The van der Waals surface area contributed by atoms with Gasteiger partial charge >= 0.3 is 6.03 Å². The number of para-hydroxylation sites is 1. The summed E-state index contributed by atoms with van der Waals surface area (Å²) >= 11 is 0. The second-order valence-corrected chi connectivity index (χ2v) is 5.79. The minimum absolute atomic E-state index is 0.212. The molecule has 5 heteroatoms. The van der Waals surface area contributed by atoms with E-state index in [9.17, 15) is 4.79 Å². The van der Waals surface area contributed by atoms with Crippen molar-refractivity contribution in [3.63, 3.8) is 0 Å². The molecule has 2 amide bonds. The van der Waals surface area contributed by atoms with Crippen LogP contribution in [0.3, 0.4) is 0 Å². The number of aryl methyl sites for hydroxylation is 2. The Kier molecular flexibility index (Phi) is 7.80. The van der Waals surface area contributed by atoms with Gasteiger partial charge in [0.25, 0.3) is 0 Å². The van der Waals surface area contributed by atoms with Crippen LogP contribution in [0, 0.1) is 0 Å². The number of ether oxygens (including phenoxy) is 2. The summed E-state index contributed by atoms with van der Waals surface area (Å²) in [5, 5.41) is 5.81. The molecule has 0 aliphatic rings. The van der Waals surface area contributed by atoms with E-state index in [2.05, 4.69) is 24.5 Å². The number of carbonyl (C=O) groups is 1. The van der Waals surface area contributed by atoms with Crippen LogP contribution in [0.15, 0.2) is 42.5 Å². The number of anilines is 1. The molecule has 0 spiro atoms. The van der Waals surface area contributed by atoms with Gasteiger partial charge in [0.1, 0.15) is 18.1 Å². The summed E-state index contributed by atoms with van der Waals surface area (Å²) in [6.07, 6.45) is 1.76.